The SMILES string of the molecule is Cc1cnc(Nc2ccc(N3CCN(C(=O)CCCCCCNc4ccc5c(c4)C(=O)N(C4CCC(=O)NC4=O)C5=O)CC3)cc2)nc1Nc1cccc(S(=O)(=O)NC(C)(C)C)c1. The van der Waals surface area contributed by atoms with Crippen molar-refractivity contribution in [2.75, 3.05) is 53.6 Å². The second-order valence-electron chi connectivity index (χ2n) is 17.1. The fourth-order valence-electron chi connectivity index (χ4n) is 7.79. The van der Waals surface area contributed by atoms with Gasteiger partial charge in [0.1, 0.15) is 11.9 Å². The molecule has 4 heterocycles. The molecular formula is C45H54N10O7S. The predicted octanol–water partition coefficient (Wildman–Crippen LogP) is 5.46. The summed E-state index contributed by atoms with van der Waals surface area (Å²) in [7, 11) is -3.71. The van der Waals surface area contributed by atoms with Crippen molar-refractivity contribution in [3.8, 4) is 0 Å². The monoisotopic (exact) mass is 878 g/mol. The zero-order chi connectivity index (χ0) is 44.9. The van der Waals surface area contributed by atoms with Crippen molar-refractivity contribution in [3.63, 3.8) is 0 Å². The highest BCUT2D eigenvalue weighted by Gasteiger charge is 2.44. The first-order valence-corrected chi connectivity index (χ1v) is 22.8. The number of anilines is 6. The van der Waals surface area contributed by atoms with E-state index in [0.717, 1.165) is 60.6 Å². The average molecular weight is 879 g/mol. The molecule has 1 aromatic heterocycles. The number of nitrogens with one attached hydrogen (secondary N) is 5. The molecule has 332 valence electrons. The summed E-state index contributed by atoms with van der Waals surface area (Å²) in [6.07, 6.45) is 5.89. The summed E-state index contributed by atoms with van der Waals surface area (Å²) >= 11 is 0. The third-order valence-electron chi connectivity index (χ3n) is 11.0. The molecule has 0 spiro atoms. The van der Waals surface area contributed by atoms with Gasteiger partial charge in [0, 0.05) is 85.6 Å². The van der Waals surface area contributed by atoms with Crippen LogP contribution in [0.15, 0.2) is 77.8 Å². The van der Waals surface area contributed by atoms with E-state index < -0.39 is 45.2 Å². The first-order chi connectivity index (χ1) is 30.0. The molecule has 3 aliphatic heterocycles. The highest BCUT2D eigenvalue weighted by atomic mass is 32.2. The maximum absolute atomic E-state index is 13.1. The zero-order valence-electron chi connectivity index (χ0n) is 36.0. The third-order valence-corrected chi connectivity index (χ3v) is 12.8. The van der Waals surface area contributed by atoms with Crippen LogP contribution in [0.3, 0.4) is 0 Å². The number of carbonyl (C=O) groups excluding carboxylic acids is 5. The lowest BCUT2D eigenvalue weighted by atomic mass is 10.0. The number of hydrogen-bond acceptors (Lipinski definition) is 13. The van der Waals surface area contributed by atoms with E-state index in [9.17, 15) is 32.4 Å². The van der Waals surface area contributed by atoms with Crippen LogP contribution in [0.25, 0.3) is 0 Å². The maximum atomic E-state index is 13.1. The predicted molar refractivity (Wildman–Crippen MR) is 240 cm³/mol. The lowest BCUT2D eigenvalue weighted by Gasteiger charge is -2.36. The summed E-state index contributed by atoms with van der Waals surface area (Å²) in [5, 5.41) is 12.0. The topological polar surface area (TPSA) is 215 Å². The van der Waals surface area contributed by atoms with Crippen molar-refractivity contribution in [1.29, 1.82) is 0 Å². The number of imide groups is 2. The molecule has 3 aliphatic rings. The molecule has 1 atom stereocenters. The van der Waals surface area contributed by atoms with E-state index in [-0.39, 0.29) is 34.8 Å². The molecule has 7 rings (SSSR count). The van der Waals surface area contributed by atoms with E-state index in [4.69, 9.17) is 0 Å². The minimum Gasteiger partial charge on any atom is -0.385 e. The van der Waals surface area contributed by atoms with Gasteiger partial charge >= 0.3 is 0 Å². The molecule has 5 amide bonds. The molecule has 17 nitrogen and oxygen atoms in total. The molecule has 0 aliphatic carbocycles. The lowest BCUT2D eigenvalue weighted by Crippen LogP contribution is -2.54. The smallest absolute Gasteiger partial charge is 0.262 e. The Morgan fingerprint density at radius 1 is 0.825 bits per heavy atom. The van der Waals surface area contributed by atoms with Gasteiger partial charge in [0.25, 0.3) is 11.8 Å². The number of nitrogens with zero attached hydrogens (tertiary/aromatic N) is 5. The summed E-state index contributed by atoms with van der Waals surface area (Å²) < 4.78 is 28.5. The van der Waals surface area contributed by atoms with Crippen LogP contribution >= 0.6 is 0 Å². The molecule has 0 radical (unpaired) electrons. The molecule has 3 aromatic carbocycles. The molecule has 0 saturated carbocycles. The van der Waals surface area contributed by atoms with Crippen molar-refractivity contribution in [2.45, 2.75) is 89.1 Å². The minimum atomic E-state index is -3.71. The van der Waals surface area contributed by atoms with Crippen molar-refractivity contribution >= 4 is 74.1 Å². The number of aromatic nitrogens is 2. The number of benzene rings is 3. The first kappa shape index (κ1) is 44.6. The number of amides is 5. The van der Waals surface area contributed by atoms with Crippen LogP contribution in [0.1, 0.15) is 92.0 Å². The number of sulfonamides is 1. The molecule has 0 bridgehead atoms. The van der Waals surface area contributed by atoms with Crippen molar-refractivity contribution in [3.05, 3.63) is 89.6 Å². The summed E-state index contributed by atoms with van der Waals surface area (Å²) in [6, 6.07) is 18.5. The quantitative estimate of drug-likeness (QED) is 0.0699. The van der Waals surface area contributed by atoms with Gasteiger partial charge < -0.3 is 25.8 Å². The van der Waals surface area contributed by atoms with Crippen molar-refractivity contribution in [2.24, 2.45) is 0 Å². The Bertz CT molecular complexity index is 2500. The summed E-state index contributed by atoms with van der Waals surface area (Å²) in [4.78, 5) is 77.4. The second-order valence-corrected chi connectivity index (χ2v) is 18.8. The van der Waals surface area contributed by atoms with Gasteiger partial charge in [0.15, 0.2) is 0 Å². The molecule has 4 aromatic rings. The number of hydrogen-bond donors (Lipinski definition) is 5. The lowest BCUT2D eigenvalue weighted by molar-refractivity contribution is -0.136. The normalized spacial score (nSPS) is 16.8. The van der Waals surface area contributed by atoms with E-state index >= 15 is 0 Å². The zero-order valence-corrected chi connectivity index (χ0v) is 36.8. The van der Waals surface area contributed by atoms with Gasteiger partial charge in [-0.15, -0.1) is 0 Å². The van der Waals surface area contributed by atoms with E-state index in [0.29, 0.717) is 49.2 Å². The molecule has 5 N–H and O–H groups in total. The first-order valence-electron chi connectivity index (χ1n) is 21.3. The Hall–Kier alpha value is -6.40. The third kappa shape index (κ3) is 11.0. The molecular weight excluding hydrogens is 825 g/mol. The van der Waals surface area contributed by atoms with E-state index in [1.165, 1.54) is 0 Å². The second kappa shape index (κ2) is 18.9. The van der Waals surface area contributed by atoms with Gasteiger partial charge in [-0.3, -0.25) is 34.2 Å². The molecule has 1 unspecified atom stereocenters. The van der Waals surface area contributed by atoms with Gasteiger partial charge in [-0.1, -0.05) is 18.9 Å². The number of piperazine rings is 1. The van der Waals surface area contributed by atoms with Crippen LogP contribution in [0.2, 0.25) is 0 Å². The number of fused-ring (bicyclic) bond motifs is 1. The Morgan fingerprint density at radius 2 is 1.54 bits per heavy atom. The standard InChI is InChI=1S/C45H54N10O7S/c1-29-28-47-44(51-40(29)48-32-10-9-11-34(26-32)63(61,62)52-45(2,3)4)49-30-13-16-33(17-14-30)53-22-24-54(25-23-53)39(57)12-7-5-6-8-21-46-31-15-18-35-36(27-31)43(60)55(42(35)59)37-19-20-38(56)50-41(37)58/h9-11,13-18,26-28,37,46,52H,5-8,12,19-25H2,1-4H3,(H,50,56,58)(H2,47,48,49,51). The summed E-state index contributed by atoms with van der Waals surface area (Å²) in [6.45, 7) is 10.7. The molecule has 2 saturated heterocycles. The van der Waals surface area contributed by atoms with Crippen LogP contribution in [0, 0.1) is 6.92 Å². The summed E-state index contributed by atoms with van der Waals surface area (Å²) in [5.74, 6) is -1.01. The van der Waals surface area contributed by atoms with Crippen LogP contribution < -0.4 is 30.9 Å². The van der Waals surface area contributed by atoms with Gasteiger partial charge in [-0.2, -0.15) is 4.98 Å². The van der Waals surface area contributed by atoms with Gasteiger partial charge in [0.2, 0.25) is 33.7 Å². The van der Waals surface area contributed by atoms with Gasteiger partial charge in [-0.25, -0.2) is 18.1 Å². The van der Waals surface area contributed by atoms with Gasteiger partial charge in [-0.05, 0) is 108 Å². The fraction of sp³-hybridized carbons (Fsp3) is 0.400. The van der Waals surface area contributed by atoms with Crippen molar-refractivity contribution < 1.29 is 32.4 Å². The minimum absolute atomic E-state index is 0.0725. The Kier molecular flexibility index (Phi) is 13.4. The Balaban J connectivity index is 0.802. The number of carbonyl (C=O) groups is 5. The fourth-order valence-corrected chi connectivity index (χ4v) is 9.26. The Morgan fingerprint density at radius 3 is 2.27 bits per heavy atom. The highest BCUT2D eigenvalue weighted by Crippen LogP contribution is 2.30. The molecule has 2 fully saturated rings. The van der Waals surface area contributed by atoms with Crippen LogP contribution in [-0.2, 0) is 24.4 Å². The largest absolute Gasteiger partial charge is 0.385 e. The number of unbranched alkanes of at least 4 members (excludes halogenated alkanes) is 3. The van der Waals surface area contributed by atoms with E-state index in [2.05, 4.69) is 40.9 Å². The molecule has 18 heteroatoms. The number of aryl methyl sites for hydroxylation is 1. The molecule has 63 heavy (non-hydrogen) atoms. The number of piperidine rings is 1. The van der Waals surface area contributed by atoms with Crippen LogP contribution in [0.5, 0.6) is 0 Å². The maximum Gasteiger partial charge on any atom is 0.262 e. The van der Waals surface area contributed by atoms with Crippen LogP contribution in [-0.4, -0.2) is 102 Å². The Labute approximate surface area is 367 Å². The highest BCUT2D eigenvalue weighted by molar-refractivity contribution is 7.89. The number of rotatable bonds is 16. The average Bonchev–Trinajstić information content (AvgIpc) is 3.49. The summed E-state index contributed by atoms with van der Waals surface area (Å²) in [5.41, 5.74) is 3.80. The van der Waals surface area contributed by atoms with Crippen molar-refractivity contribution in [1.82, 2.24) is 29.8 Å². The van der Waals surface area contributed by atoms with Gasteiger partial charge in [0.05, 0.1) is 16.0 Å². The van der Waals surface area contributed by atoms with Crippen LogP contribution in [0.4, 0.5) is 34.5 Å². The van der Waals surface area contributed by atoms with E-state index in [1.54, 1.807) is 69.4 Å². The van der Waals surface area contributed by atoms with E-state index in [1.807, 2.05) is 36.1 Å².